The molecule has 1 heterocycles. The van der Waals surface area contributed by atoms with Gasteiger partial charge in [-0.15, -0.1) is 0 Å². The summed E-state index contributed by atoms with van der Waals surface area (Å²) in [6.07, 6.45) is 1.56. The van der Waals surface area contributed by atoms with Crippen LogP contribution in [-0.4, -0.2) is 25.2 Å². The Morgan fingerprint density at radius 2 is 1.85 bits per heavy atom. The minimum atomic E-state index is 0.506. The molecular weight excluding hydrogens is 254 g/mol. The Morgan fingerprint density at radius 1 is 1.20 bits per heavy atom. The molecule has 5 heteroatoms. The fraction of sp³-hybridized carbons (Fsp3) is 0.333. The molecule has 0 atom stereocenters. The molecule has 0 bridgehead atoms. The molecule has 2 aromatic rings. The molecule has 0 aliphatic rings. The standard InChI is InChI=1S/C15H17N3O2/c1-4-19-13-6-11-12(7-14(13)20-5-2)18-9-10(8-16)15(11)17-3/h6-7,9H,4-5H2,1-3H3,(H,17,18). The molecule has 5 nitrogen and oxygen atoms in total. The summed E-state index contributed by atoms with van der Waals surface area (Å²) in [5, 5.41) is 13.0. The molecule has 0 aliphatic heterocycles. The van der Waals surface area contributed by atoms with E-state index in [1.54, 1.807) is 13.2 Å². The van der Waals surface area contributed by atoms with E-state index in [2.05, 4.69) is 16.4 Å². The van der Waals surface area contributed by atoms with E-state index < -0.39 is 0 Å². The van der Waals surface area contributed by atoms with Crippen molar-refractivity contribution in [1.29, 1.82) is 5.26 Å². The van der Waals surface area contributed by atoms with Crippen molar-refractivity contribution in [3.8, 4) is 17.6 Å². The summed E-state index contributed by atoms with van der Waals surface area (Å²) < 4.78 is 11.2. The van der Waals surface area contributed by atoms with Gasteiger partial charge in [0, 0.05) is 24.7 Å². The normalized spacial score (nSPS) is 10.1. The number of anilines is 1. The van der Waals surface area contributed by atoms with Crippen molar-refractivity contribution >= 4 is 16.6 Å². The summed E-state index contributed by atoms with van der Waals surface area (Å²) in [6.45, 7) is 4.95. The first-order valence-corrected chi connectivity index (χ1v) is 6.55. The molecule has 0 saturated carbocycles. The fourth-order valence-electron chi connectivity index (χ4n) is 2.09. The Kier molecular flexibility index (Phi) is 4.26. The van der Waals surface area contributed by atoms with Gasteiger partial charge < -0.3 is 14.8 Å². The van der Waals surface area contributed by atoms with Crippen LogP contribution in [0.1, 0.15) is 19.4 Å². The molecule has 0 unspecified atom stereocenters. The maximum atomic E-state index is 9.13. The summed E-state index contributed by atoms with van der Waals surface area (Å²) in [6, 6.07) is 5.84. The van der Waals surface area contributed by atoms with Crippen molar-refractivity contribution in [3.05, 3.63) is 23.9 Å². The zero-order valence-electron chi connectivity index (χ0n) is 11.9. The summed E-state index contributed by atoms with van der Waals surface area (Å²) in [5.41, 5.74) is 2.02. The number of hydrogen-bond donors (Lipinski definition) is 1. The van der Waals surface area contributed by atoms with E-state index in [1.165, 1.54) is 0 Å². The predicted octanol–water partition coefficient (Wildman–Crippen LogP) is 2.95. The van der Waals surface area contributed by atoms with E-state index in [1.807, 2.05) is 26.0 Å². The molecule has 1 N–H and O–H groups in total. The summed E-state index contributed by atoms with van der Waals surface area (Å²) in [4.78, 5) is 4.31. The van der Waals surface area contributed by atoms with Crippen LogP contribution in [0.25, 0.3) is 10.9 Å². The van der Waals surface area contributed by atoms with Crippen LogP contribution in [0.2, 0.25) is 0 Å². The molecule has 0 fully saturated rings. The second kappa shape index (κ2) is 6.11. The number of nitrogens with one attached hydrogen (secondary N) is 1. The molecule has 0 radical (unpaired) electrons. The maximum absolute atomic E-state index is 9.13. The molecule has 0 spiro atoms. The highest BCUT2D eigenvalue weighted by atomic mass is 16.5. The van der Waals surface area contributed by atoms with Crippen molar-refractivity contribution in [2.24, 2.45) is 0 Å². The first-order valence-electron chi connectivity index (χ1n) is 6.55. The Balaban J connectivity index is 2.70. The van der Waals surface area contributed by atoms with E-state index >= 15 is 0 Å². The molecule has 0 amide bonds. The summed E-state index contributed by atoms with van der Waals surface area (Å²) in [5.74, 6) is 1.33. The molecule has 2 rings (SSSR count). The lowest BCUT2D eigenvalue weighted by atomic mass is 10.1. The van der Waals surface area contributed by atoms with Gasteiger partial charge in [-0.25, -0.2) is 0 Å². The first kappa shape index (κ1) is 13.9. The van der Waals surface area contributed by atoms with Gasteiger partial charge in [-0.05, 0) is 19.9 Å². The van der Waals surface area contributed by atoms with Crippen LogP contribution in [0.3, 0.4) is 0 Å². The number of nitrogens with zero attached hydrogens (tertiary/aromatic N) is 2. The number of benzene rings is 1. The Bertz CT molecular complexity index is 662. The highest BCUT2D eigenvalue weighted by molar-refractivity contribution is 5.95. The van der Waals surface area contributed by atoms with Gasteiger partial charge in [-0.3, -0.25) is 4.98 Å². The average Bonchev–Trinajstić information content (AvgIpc) is 2.47. The zero-order chi connectivity index (χ0) is 14.5. The topological polar surface area (TPSA) is 67.2 Å². The van der Waals surface area contributed by atoms with E-state index in [4.69, 9.17) is 14.7 Å². The van der Waals surface area contributed by atoms with Gasteiger partial charge in [-0.1, -0.05) is 0 Å². The Labute approximate surface area is 118 Å². The number of rotatable bonds is 5. The lowest BCUT2D eigenvalue weighted by Gasteiger charge is -2.14. The molecule has 20 heavy (non-hydrogen) atoms. The van der Waals surface area contributed by atoms with Crippen molar-refractivity contribution in [3.63, 3.8) is 0 Å². The van der Waals surface area contributed by atoms with Crippen molar-refractivity contribution in [2.45, 2.75) is 13.8 Å². The molecule has 104 valence electrons. The van der Waals surface area contributed by atoms with Gasteiger partial charge >= 0.3 is 0 Å². The summed E-state index contributed by atoms with van der Waals surface area (Å²) in [7, 11) is 1.78. The third-order valence-corrected chi connectivity index (χ3v) is 2.90. The molecule has 0 aliphatic carbocycles. The smallest absolute Gasteiger partial charge is 0.163 e. The minimum Gasteiger partial charge on any atom is -0.490 e. The predicted molar refractivity (Wildman–Crippen MR) is 78.3 cm³/mol. The van der Waals surface area contributed by atoms with Crippen LogP contribution in [0, 0.1) is 11.3 Å². The van der Waals surface area contributed by atoms with Crippen molar-refractivity contribution in [2.75, 3.05) is 25.6 Å². The monoisotopic (exact) mass is 271 g/mol. The van der Waals surface area contributed by atoms with E-state index in [0.29, 0.717) is 30.3 Å². The molecule has 1 aromatic carbocycles. The SMILES string of the molecule is CCOc1cc2ncc(C#N)c(NC)c2cc1OCC. The second-order valence-electron chi connectivity index (χ2n) is 4.09. The van der Waals surface area contributed by atoms with Gasteiger partial charge in [0.05, 0.1) is 30.0 Å². The number of aromatic nitrogens is 1. The fourth-order valence-corrected chi connectivity index (χ4v) is 2.09. The maximum Gasteiger partial charge on any atom is 0.163 e. The Hall–Kier alpha value is -2.48. The van der Waals surface area contributed by atoms with Crippen LogP contribution in [-0.2, 0) is 0 Å². The van der Waals surface area contributed by atoms with E-state index in [-0.39, 0.29) is 0 Å². The van der Waals surface area contributed by atoms with Crippen molar-refractivity contribution in [1.82, 2.24) is 4.98 Å². The Morgan fingerprint density at radius 3 is 2.40 bits per heavy atom. The van der Waals surface area contributed by atoms with Gasteiger partial charge in [0.15, 0.2) is 11.5 Å². The van der Waals surface area contributed by atoms with Gasteiger partial charge in [0.2, 0.25) is 0 Å². The minimum absolute atomic E-state index is 0.506. The van der Waals surface area contributed by atoms with Crippen LogP contribution >= 0.6 is 0 Å². The van der Waals surface area contributed by atoms with Crippen LogP contribution < -0.4 is 14.8 Å². The first-order chi connectivity index (χ1) is 9.74. The third-order valence-electron chi connectivity index (χ3n) is 2.90. The van der Waals surface area contributed by atoms with Gasteiger partial charge in [0.1, 0.15) is 6.07 Å². The number of hydrogen-bond acceptors (Lipinski definition) is 5. The quantitative estimate of drug-likeness (QED) is 0.905. The molecule has 0 saturated heterocycles. The largest absolute Gasteiger partial charge is 0.490 e. The average molecular weight is 271 g/mol. The van der Waals surface area contributed by atoms with Gasteiger partial charge in [-0.2, -0.15) is 5.26 Å². The lowest BCUT2D eigenvalue weighted by Crippen LogP contribution is -2.01. The van der Waals surface area contributed by atoms with E-state index in [9.17, 15) is 0 Å². The molecular formula is C15H17N3O2. The number of nitriles is 1. The summed E-state index contributed by atoms with van der Waals surface area (Å²) >= 11 is 0. The number of pyridine rings is 1. The lowest BCUT2D eigenvalue weighted by molar-refractivity contribution is 0.288. The van der Waals surface area contributed by atoms with Crippen LogP contribution in [0.4, 0.5) is 5.69 Å². The zero-order valence-corrected chi connectivity index (χ0v) is 11.9. The second-order valence-corrected chi connectivity index (χ2v) is 4.09. The third kappa shape index (κ3) is 2.45. The van der Waals surface area contributed by atoms with Gasteiger partial charge in [0.25, 0.3) is 0 Å². The highest BCUT2D eigenvalue weighted by Gasteiger charge is 2.13. The van der Waals surface area contributed by atoms with E-state index in [0.717, 1.165) is 16.6 Å². The van der Waals surface area contributed by atoms with Crippen molar-refractivity contribution < 1.29 is 9.47 Å². The van der Waals surface area contributed by atoms with Crippen LogP contribution in [0.5, 0.6) is 11.5 Å². The van der Waals surface area contributed by atoms with Crippen LogP contribution in [0.15, 0.2) is 18.3 Å². The highest BCUT2D eigenvalue weighted by Crippen LogP contribution is 2.36. The number of ether oxygens (including phenoxy) is 2. The molecule has 1 aromatic heterocycles. The number of fused-ring (bicyclic) bond motifs is 1.